The van der Waals surface area contributed by atoms with Gasteiger partial charge in [0.2, 0.25) is 0 Å². The van der Waals surface area contributed by atoms with E-state index in [9.17, 15) is 9.59 Å². The van der Waals surface area contributed by atoms with Crippen molar-refractivity contribution in [2.24, 2.45) is 0 Å². The molecular formula is C21H18O3. The highest BCUT2D eigenvalue weighted by Gasteiger charge is 2.17. The van der Waals surface area contributed by atoms with Gasteiger partial charge < -0.3 is 4.74 Å². The summed E-state index contributed by atoms with van der Waals surface area (Å²) in [5.74, 6) is -0.702. The number of hydrogen-bond donors (Lipinski definition) is 0. The maximum Gasteiger partial charge on any atom is 0.313 e. The third-order valence-corrected chi connectivity index (χ3v) is 4.17. The molecule has 3 nitrogen and oxygen atoms in total. The van der Waals surface area contributed by atoms with Crippen molar-refractivity contribution in [3.8, 4) is 0 Å². The van der Waals surface area contributed by atoms with Crippen LogP contribution in [0.15, 0.2) is 72.0 Å². The zero-order valence-electron chi connectivity index (χ0n) is 13.5. The fourth-order valence-corrected chi connectivity index (χ4v) is 2.77. The molecule has 3 rings (SSSR count). The first-order chi connectivity index (χ1) is 11.6. The molecule has 0 heterocycles. The molecule has 0 bridgehead atoms. The topological polar surface area (TPSA) is 43.4 Å². The summed E-state index contributed by atoms with van der Waals surface area (Å²) in [6, 6.07) is 16.9. The average Bonchev–Trinajstić information content (AvgIpc) is 2.76. The van der Waals surface area contributed by atoms with Crippen molar-refractivity contribution >= 4 is 27.5 Å². The van der Waals surface area contributed by atoms with Gasteiger partial charge in [0.1, 0.15) is 6.61 Å². The lowest BCUT2D eigenvalue weighted by Gasteiger charge is -2.11. The molecule has 24 heavy (non-hydrogen) atoms. The number of benzene rings is 2. The number of fused-ring (bicyclic) bond motifs is 2. The maximum atomic E-state index is 12.7. The first-order valence-corrected chi connectivity index (χ1v) is 7.85. The molecular weight excluding hydrogens is 300 g/mol. The van der Waals surface area contributed by atoms with Crippen LogP contribution in [0.4, 0.5) is 0 Å². The summed E-state index contributed by atoms with van der Waals surface area (Å²) in [5, 5.41) is 3.06. The molecule has 0 saturated carbocycles. The van der Waals surface area contributed by atoms with Crippen LogP contribution in [-0.2, 0) is 9.53 Å². The van der Waals surface area contributed by atoms with E-state index in [2.05, 4.69) is 6.58 Å². The summed E-state index contributed by atoms with van der Waals surface area (Å²) >= 11 is 0. The quantitative estimate of drug-likeness (QED) is 0.535. The lowest BCUT2D eigenvalue weighted by Crippen LogP contribution is -2.13. The van der Waals surface area contributed by atoms with Crippen molar-refractivity contribution in [2.75, 3.05) is 6.61 Å². The van der Waals surface area contributed by atoms with E-state index in [1.807, 2.05) is 48.5 Å². The zero-order chi connectivity index (χ0) is 17.1. The molecule has 1 unspecified atom stereocenters. The highest BCUT2D eigenvalue weighted by molar-refractivity contribution is 5.94. The smallest absolute Gasteiger partial charge is 0.313 e. The van der Waals surface area contributed by atoms with E-state index >= 15 is 0 Å². The van der Waals surface area contributed by atoms with Gasteiger partial charge in [0.25, 0.3) is 0 Å². The second-order valence-corrected chi connectivity index (χ2v) is 5.74. The number of carbonyl (C=O) groups is 1. The van der Waals surface area contributed by atoms with E-state index in [-0.39, 0.29) is 18.0 Å². The van der Waals surface area contributed by atoms with E-state index in [1.54, 1.807) is 19.1 Å². The van der Waals surface area contributed by atoms with Crippen LogP contribution in [0.5, 0.6) is 0 Å². The standard InChI is InChI=1S/C21H18O3/c1-3-12-24-21(23)14(2)16-10-11-19-17(13-16)9-8-15-6-4-5-7-18(15)20(19)22/h3-11,13-14H,1,12H2,2H3. The Hall–Kier alpha value is -2.94. The molecule has 0 amide bonds. The summed E-state index contributed by atoms with van der Waals surface area (Å²) in [5.41, 5.74) is 0.824. The summed E-state index contributed by atoms with van der Waals surface area (Å²) in [4.78, 5) is 24.8. The predicted molar refractivity (Wildman–Crippen MR) is 97.3 cm³/mol. The van der Waals surface area contributed by atoms with Crippen LogP contribution in [0.1, 0.15) is 18.4 Å². The van der Waals surface area contributed by atoms with Crippen LogP contribution in [0.2, 0.25) is 0 Å². The average molecular weight is 318 g/mol. The van der Waals surface area contributed by atoms with Gasteiger partial charge in [-0.3, -0.25) is 9.59 Å². The highest BCUT2D eigenvalue weighted by Crippen LogP contribution is 2.22. The molecule has 3 aromatic carbocycles. The number of esters is 1. The summed E-state index contributed by atoms with van der Waals surface area (Å²) in [6.45, 7) is 5.53. The van der Waals surface area contributed by atoms with Gasteiger partial charge >= 0.3 is 5.97 Å². The molecule has 0 spiro atoms. The van der Waals surface area contributed by atoms with Gasteiger partial charge in [-0.25, -0.2) is 0 Å². The van der Waals surface area contributed by atoms with Gasteiger partial charge in [-0.15, -0.1) is 0 Å². The molecule has 120 valence electrons. The van der Waals surface area contributed by atoms with Crippen LogP contribution < -0.4 is 5.43 Å². The van der Waals surface area contributed by atoms with Crippen LogP contribution in [0, 0.1) is 0 Å². The molecule has 0 aliphatic rings. The van der Waals surface area contributed by atoms with Crippen LogP contribution >= 0.6 is 0 Å². The van der Waals surface area contributed by atoms with Gasteiger partial charge in [-0.2, -0.15) is 0 Å². The Balaban J connectivity index is 2.12. The van der Waals surface area contributed by atoms with E-state index in [1.165, 1.54) is 0 Å². The first-order valence-electron chi connectivity index (χ1n) is 7.85. The Labute approximate surface area is 140 Å². The molecule has 0 radical (unpaired) electrons. The van der Waals surface area contributed by atoms with E-state index in [4.69, 9.17) is 4.74 Å². The van der Waals surface area contributed by atoms with Gasteiger partial charge in [0.05, 0.1) is 5.92 Å². The largest absolute Gasteiger partial charge is 0.461 e. The predicted octanol–water partition coefficient (Wildman–Crippen LogP) is 4.19. The molecule has 0 saturated heterocycles. The summed E-state index contributed by atoms with van der Waals surface area (Å²) in [7, 11) is 0. The minimum absolute atomic E-state index is 0.000892. The maximum absolute atomic E-state index is 12.7. The third-order valence-electron chi connectivity index (χ3n) is 4.17. The number of carbonyl (C=O) groups excluding carboxylic acids is 1. The number of rotatable bonds is 4. The van der Waals surface area contributed by atoms with Crippen molar-refractivity contribution in [1.29, 1.82) is 0 Å². The van der Waals surface area contributed by atoms with Crippen molar-refractivity contribution < 1.29 is 9.53 Å². The molecule has 0 aliphatic carbocycles. The van der Waals surface area contributed by atoms with Crippen molar-refractivity contribution in [1.82, 2.24) is 0 Å². The Morgan fingerprint density at radius 2 is 1.79 bits per heavy atom. The highest BCUT2D eigenvalue weighted by atomic mass is 16.5. The molecule has 3 heteroatoms. The minimum Gasteiger partial charge on any atom is -0.461 e. The van der Waals surface area contributed by atoms with E-state index < -0.39 is 5.92 Å². The third kappa shape index (κ3) is 2.93. The Kier molecular flexibility index (Phi) is 4.43. The Morgan fingerprint density at radius 1 is 1.08 bits per heavy atom. The second kappa shape index (κ2) is 6.67. The van der Waals surface area contributed by atoms with Crippen LogP contribution in [-0.4, -0.2) is 12.6 Å². The van der Waals surface area contributed by atoms with Crippen molar-refractivity contribution in [2.45, 2.75) is 12.8 Å². The molecule has 3 aromatic rings. The van der Waals surface area contributed by atoms with Crippen molar-refractivity contribution in [3.63, 3.8) is 0 Å². The fourth-order valence-electron chi connectivity index (χ4n) is 2.77. The van der Waals surface area contributed by atoms with Gasteiger partial charge in [-0.05, 0) is 23.3 Å². The monoisotopic (exact) mass is 318 g/mol. The lowest BCUT2D eigenvalue weighted by molar-refractivity contribution is -0.143. The SMILES string of the molecule is C=CCOC(=O)C(C)c1ccc2c(=O)c3ccccc3ccc2c1. The van der Waals surface area contributed by atoms with E-state index in [0.717, 1.165) is 16.3 Å². The van der Waals surface area contributed by atoms with Crippen LogP contribution in [0.3, 0.4) is 0 Å². The molecule has 1 atom stereocenters. The fraction of sp³-hybridized carbons (Fsp3) is 0.143. The lowest BCUT2D eigenvalue weighted by atomic mass is 9.98. The normalized spacial score (nSPS) is 12.0. The van der Waals surface area contributed by atoms with Crippen LogP contribution in [0.25, 0.3) is 21.5 Å². The Bertz CT molecular complexity index is 989. The van der Waals surface area contributed by atoms with Gasteiger partial charge in [0, 0.05) is 10.8 Å². The van der Waals surface area contributed by atoms with E-state index in [0.29, 0.717) is 10.8 Å². The molecule has 0 aliphatic heterocycles. The van der Waals surface area contributed by atoms with Gasteiger partial charge in [-0.1, -0.05) is 67.3 Å². The van der Waals surface area contributed by atoms with Gasteiger partial charge in [0.15, 0.2) is 5.43 Å². The Morgan fingerprint density at radius 3 is 2.58 bits per heavy atom. The molecule has 0 aromatic heterocycles. The molecule has 0 fully saturated rings. The summed E-state index contributed by atoms with van der Waals surface area (Å²) < 4.78 is 5.11. The zero-order valence-corrected chi connectivity index (χ0v) is 13.5. The number of ether oxygens (including phenoxy) is 1. The first kappa shape index (κ1) is 15.9. The van der Waals surface area contributed by atoms with Crippen molar-refractivity contribution in [3.05, 3.63) is 83.0 Å². The number of hydrogen-bond acceptors (Lipinski definition) is 3. The minimum atomic E-state index is -0.399. The molecule has 0 N–H and O–H groups in total. The summed E-state index contributed by atoms with van der Waals surface area (Å²) in [6.07, 6.45) is 1.54. The second-order valence-electron chi connectivity index (χ2n) is 5.74.